The number of halogens is 2. The Balaban J connectivity index is 2.12. The average molecular weight is 327 g/mol. The lowest BCUT2D eigenvalue weighted by atomic mass is 10.0. The highest BCUT2D eigenvalue weighted by atomic mass is 35.5. The standard InChI is InChI=1S/C16H20ClFN2S/c1-3-7-19-12(8-13-10-21-11(2)20-13)9-14-15(17)5-4-6-16(14)18/h4-6,10,12,19H,3,7-9H2,1-2H3. The quantitative estimate of drug-likeness (QED) is 0.816. The molecular weight excluding hydrogens is 307 g/mol. The van der Waals surface area contributed by atoms with Gasteiger partial charge in [0.25, 0.3) is 0 Å². The summed E-state index contributed by atoms with van der Waals surface area (Å²) in [6, 6.07) is 4.98. The van der Waals surface area contributed by atoms with E-state index in [9.17, 15) is 4.39 Å². The van der Waals surface area contributed by atoms with Crippen LogP contribution in [-0.2, 0) is 12.8 Å². The second-order valence-electron chi connectivity index (χ2n) is 5.12. The van der Waals surface area contributed by atoms with Gasteiger partial charge in [0.05, 0.1) is 10.7 Å². The van der Waals surface area contributed by atoms with Gasteiger partial charge in [-0.05, 0) is 38.4 Å². The van der Waals surface area contributed by atoms with E-state index in [1.54, 1.807) is 23.5 Å². The lowest BCUT2D eigenvalue weighted by molar-refractivity contribution is 0.489. The summed E-state index contributed by atoms with van der Waals surface area (Å²) < 4.78 is 14.0. The Labute approximate surface area is 134 Å². The first-order valence-corrected chi connectivity index (χ1v) is 8.43. The van der Waals surface area contributed by atoms with Gasteiger partial charge in [-0.15, -0.1) is 11.3 Å². The highest BCUT2D eigenvalue weighted by molar-refractivity contribution is 7.09. The predicted octanol–water partition coefficient (Wildman–Crippen LogP) is 4.40. The summed E-state index contributed by atoms with van der Waals surface area (Å²) in [5.41, 5.74) is 1.64. The Bertz CT molecular complexity index is 565. The van der Waals surface area contributed by atoms with Gasteiger partial charge in [-0.3, -0.25) is 0 Å². The fourth-order valence-electron chi connectivity index (χ4n) is 2.29. The van der Waals surface area contributed by atoms with Gasteiger partial charge < -0.3 is 5.32 Å². The van der Waals surface area contributed by atoms with Crippen molar-refractivity contribution in [2.24, 2.45) is 0 Å². The number of hydrogen-bond donors (Lipinski definition) is 1. The molecule has 0 radical (unpaired) electrons. The monoisotopic (exact) mass is 326 g/mol. The summed E-state index contributed by atoms with van der Waals surface area (Å²) in [6.45, 7) is 5.02. The second-order valence-corrected chi connectivity index (χ2v) is 6.59. The van der Waals surface area contributed by atoms with Crippen LogP contribution in [0.4, 0.5) is 4.39 Å². The fourth-order valence-corrected chi connectivity index (χ4v) is 3.16. The Morgan fingerprint density at radius 2 is 2.19 bits per heavy atom. The predicted molar refractivity (Wildman–Crippen MR) is 87.8 cm³/mol. The zero-order chi connectivity index (χ0) is 15.2. The highest BCUT2D eigenvalue weighted by Gasteiger charge is 2.16. The second kappa shape index (κ2) is 7.87. The molecule has 0 bridgehead atoms. The Morgan fingerprint density at radius 1 is 1.38 bits per heavy atom. The average Bonchev–Trinajstić information content (AvgIpc) is 2.85. The number of aromatic nitrogens is 1. The van der Waals surface area contributed by atoms with E-state index in [2.05, 4.69) is 22.6 Å². The lowest BCUT2D eigenvalue weighted by Gasteiger charge is -2.18. The van der Waals surface area contributed by atoms with E-state index >= 15 is 0 Å². The van der Waals surface area contributed by atoms with Gasteiger partial charge in [0.15, 0.2) is 0 Å². The van der Waals surface area contributed by atoms with Crippen LogP contribution in [0.25, 0.3) is 0 Å². The normalized spacial score (nSPS) is 12.6. The van der Waals surface area contributed by atoms with Crippen LogP contribution in [0.15, 0.2) is 23.6 Å². The number of hydrogen-bond acceptors (Lipinski definition) is 3. The zero-order valence-corrected chi connectivity index (χ0v) is 13.9. The molecule has 2 nitrogen and oxygen atoms in total. The van der Waals surface area contributed by atoms with Crippen LogP contribution in [0.2, 0.25) is 5.02 Å². The van der Waals surface area contributed by atoms with Crippen molar-refractivity contribution in [1.29, 1.82) is 0 Å². The number of benzene rings is 1. The highest BCUT2D eigenvalue weighted by Crippen LogP contribution is 2.22. The van der Waals surface area contributed by atoms with E-state index in [0.717, 1.165) is 30.1 Å². The van der Waals surface area contributed by atoms with Gasteiger partial charge in [-0.25, -0.2) is 9.37 Å². The van der Waals surface area contributed by atoms with Crippen LogP contribution in [0, 0.1) is 12.7 Å². The maximum Gasteiger partial charge on any atom is 0.127 e. The molecule has 1 aromatic heterocycles. The molecule has 1 atom stereocenters. The third-order valence-corrected chi connectivity index (χ3v) is 4.49. The molecule has 5 heteroatoms. The van der Waals surface area contributed by atoms with Crippen molar-refractivity contribution in [3.8, 4) is 0 Å². The maximum absolute atomic E-state index is 14.0. The van der Waals surface area contributed by atoms with Crippen LogP contribution >= 0.6 is 22.9 Å². The van der Waals surface area contributed by atoms with Crippen LogP contribution in [0.5, 0.6) is 0 Å². The molecule has 1 aromatic carbocycles. The van der Waals surface area contributed by atoms with E-state index in [1.807, 2.05) is 6.92 Å². The van der Waals surface area contributed by atoms with Gasteiger partial charge in [0.1, 0.15) is 5.82 Å². The van der Waals surface area contributed by atoms with E-state index in [0.29, 0.717) is 17.0 Å². The minimum absolute atomic E-state index is 0.140. The Hall–Kier alpha value is -0.970. The minimum atomic E-state index is -0.236. The molecule has 2 rings (SSSR count). The van der Waals surface area contributed by atoms with Crippen molar-refractivity contribution in [3.05, 3.63) is 50.7 Å². The Kier molecular flexibility index (Phi) is 6.15. The third kappa shape index (κ3) is 4.77. The molecule has 0 aliphatic rings. The number of rotatable bonds is 7. The number of thiazole rings is 1. The van der Waals surface area contributed by atoms with Crippen molar-refractivity contribution in [2.75, 3.05) is 6.54 Å². The minimum Gasteiger partial charge on any atom is -0.313 e. The van der Waals surface area contributed by atoms with Gasteiger partial charge in [-0.1, -0.05) is 24.6 Å². The van der Waals surface area contributed by atoms with Crippen molar-refractivity contribution in [1.82, 2.24) is 10.3 Å². The molecule has 0 amide bonds. The first kappa shape index (κ1) is 16.4. The van der Waals surface area contributed by atoms with Crippen LogP contribution < -0.4 is 5.32 Å². The van der Waals surface area contributed by atoms with Gasteiger partial charge in [-0.2, -0.15) is 0 Å². The largest absolute Gasteiger partial charge is 0.313 e. The molecule has 2 aromatic rings. The first-order chi connectivity index (χ1) is 10.1. The summed E-state index contributed by atoms with van der Waals surface area (Å²) in [6.07, 6.45) is 2.40. The number of aryl methyl sites for hydroxylation is 1. The van der Waals surface area contributed by atoms with Crippen molar-refractivity contribution < 1.29 is 4.39 Å². The van der Waals surface area contributed by atoms with Crippen LogP contribution in [0.3, 0.4) is 0 Å². The van der Waals surface area contributed by atoms with Gasteiger partial charge >= 0.3 is 0 Å². The van der Waals surface area contributed by atoms with Crippen molar-refractivity contribution in [2.45, 2.75) is 39.2 Å². The molecule has 0 saturated heterocycles. The van der Waals surface area contributed by atoms with Crippen molar-refractivity contribution >= 4 is 22.9 Å². The molecule has 0 spiro atoms. The first-order valence-electron chi connectivity index (χ1n) is 7.17. The molecular formula is C16H20ClFN2S. The molecule has 1 N–H and O–H groups in total. The lowest BCUT2D eigenvalue weighted by Crippen LogP contribution is -2.34. The molecule has 0 saturated carbocycles. The summed E-state index contributed by atoms with van der Waals surface area (Å²) in [5.74, 6) is -0.236. The topological polar surface area (TPSA) is 24.9 Å². The summed E-state index contributed by atoms with van der Waals surface area (Å²) in [7, 11) is 0. The molecule has 0 fully saturated rings. The number of nitrogens with one attached hydrogen (secondary N) is 1. The molecule has 1 unspecified atom stereocenters. The fraction of sp³-hybridized carbons (Fsp3) is 0.438. The maximum atomic E-state index is 14.0. The SMILES string of the molecule is CCCNC(Cc1csc(C)n1)Cc1c(F)cccc1Cl. The molecule has 1 heterocycles. The summed E-state index contributed by atoms with van der Waals surface area (Å²) in [4.78, 5) is 4.50. The van der Waals surface area contributed by atoms with E-state index in [1.165, 1.54) is 6.07 Å². The summed E-state index contributed by atoms with van der Waals surface area (Å²) in [5, 5.41) is 7.09. The van der Waals surface area contributed by atoms with Crippen LogP contribution in [0.1, 0.15) is 29.6 Å². The molecule has 114 valence electrons. The van der Waals surface area contributed by atoms with Gasteiger partial charge in [0, 0.05) is 28.4 Å². The summed E-state index contributed by atoms with van der Waals surface area (Å²) >= 11 is 7.78. The Morgan fingerprint density at radius 3 is 2.81 bits per heavy atom. The van der Waals surface area contributed by atoms with E-state index in [-0.39, 0.29) is 11.9 Å². The van der Waals surface area contributed by atoms with E-state index in [4.69, 9.17) is 11.6 Å². The third-order valence-electron chi connectivity index (χ3n) is 3.32. The molecule has 21 heavy (non-hydrogen) atoms. The van der Waals surface area contributed by atoms with E-state index < -0.39 is 0 Å². The van der Waals surface area contributed by atoms with Crippen LogP contribution in [-0.4, -0.2) is 17.6 Å². The van der Waals surface area contributed by atoms with Gasteiger partial charge in [0.2, 0.25) is 0 Å². The molecule has 0 aliphatic heterocycles. The number of nitrogens with zero attached hydrogens (tertiary/aromatic N) is 1. The smallest absolute Gasteiger partial charge is 0.127 e. The molecule has 0 aliphatic carbocycles. The van der Waals surface area contributed by atoms with Crippen molar-refractivity contribution in [3.63, 3.8) is 0 Å². The zero-order valence-electron chi connectivity index (χ0n) is 12.3.